The van der Waals surface area contributed by atoms with Crippen molar-refractivity contribution in [3.05, 3.63) is 71.8 Å². The maximum atomic E-state index is 11.4. The van der Waals surface area contributed by atoms with E-state index in [1.807, 2.05) is 30.3 Å². The molecule has 1 aromatic heterocycles. The molecule has 0 unspecified atom stereocenters. The number of aromatic nitrogens is 3. The molecule has 4 nitrogen and oxygen atoms in total. The van der Waals surface area contributed by atoms with Gasteiger partial charge in [-0.05, 0) is 64.1 Å². The van der Waals surface area contributed by atoms with Crippen molar-refractivity contribution in [3.8, 4) is 22.6 Å². The third kappa shape index (κ3) is 4.80. The SMILES string of the molecule is CC(C)c1ccc(-c2cc(C(C)(C)CC(C)(C)C)cc(-n3nc4ccccc4n3)c2O)cc1. The number of fused-ring (bicyclic) bond motifs is 1. The largest absolute Gasteiger partial charge is 0.505 e. The second-order valence-electron chi connectivity index (χ2n) is 11.3. The highest BCUT2D eigenvalue weighted by atomic mass is 16.3. The first-order valence-electron chi connectivity index (χ1n) is 11.7. The smallest absolute Gasteiger partial charge is 0.150 e. The molecule has 0 spiro atoms. The number of aromatic hydroxyl groups is 1. The molecule has 3 aromatic carbocycles. The minimum atomic E-state index is -0.0973. The van der Waals surface area contributed by atoms with E-state index in [2.05, 4.69) is 89.0 Å². The summed E-state index contributed by atoms with van der Waals surface area (Å²) in [5.74, 6) is 0.656. The molecule has 0 saturated carbocycles. The average Bonchev–Trinajstić information content (AvgIpc) is 3.16. The van der Waals surface area contributed by atoms with E-state index in [1.54, 1.807) is 4.80 Å². The molecule has 33 heavy (non-hydrogen) atoms. The Kier molecular flexibility index (Phi) is 5.81. The molecule has 0 aliphatic carbocycles. The number of hydrogen-bond donors (Lipinski definition) is 1. The maximum absolute atomic E-state index is 11.4. The monoisotopic (exact) mass is 441 g/mol. The van der Waals surface area contributed by atoms with E-state index >= 15 is 0 Å². The zero-order chi connectivity index (χ0) is 24.0. The van der Waals surface area contributed by atoms with Crippen LogP contribution in [0.5, 0.6) is 5.75 Å². The summed E-state index contributed by atoms with van der Waals surface area (Å²) in [6, 6.07) is 20.5. The van der Waals surface area contributed by atoms with Crippen molar-refractivity contribution in [2.75, 3.05) is 0 Å². The van der Waals surface area contributed by atoms with Crippen LogP contribution in [-0.4, -0.2) is 20.1 Å². The van der Waals surface area contributed by atoms with Gasteiger partial charge in [-0.25, -0.2) is 0 Å². The average molecular weight is 442 g/mol. The lowest BCUT2D eigenvalue weighted by Crippen LogP contribution is -2.25. The maximum Gasteiger partial charge on any atom is 0.150 e. The molecule has 0 saturated heterocycles. The van der Waals surface area contributed by atoms with E-state index in [-0.39, 0.29) is 16.6 Å². The summed E-state index contributed by atoms with van der Waals surface area (Å²) in [7, 11) is 0. The van der Waals surface area contributed by atoms with Crippen molar-refractivity contribution in [1.82, 2.24) is 15.0 Å². The van der Waals surface area contributed by atoms with Crippen molar-refractivity contribution in [1.29, 1.82) is 0 Å². The molecular formula is C29H35N3O. The summed E-state index contributed by atoms with van der Waals surface area (Å²) in [5.41, 5.74) is 6.52. The van der Waals surface area contributed by atoms with Gasteiger partial charge in [0.25, 0.3) is 0 Å². The number of phenolic OH excluding ortho intramolecular Hbond substituents is 1. The number of hydrogen-bond acceptors (Lipinski definition) is 3. The van der Waals surface area contributed by atoms with Crippen molar-refractivity contribution in [2.45, 2.75) is 66.2 Å². The predicted octanol–water partition coefficient (Wildman–Crippen LogP) is 7.63. The van der Waals surface area contributed by atoms with Crippen molar-refractivity contribution >= 4 is 11.0 Å². The van der Waals surface area contributed by atoms with Crippen LogP contribution in [0, 0.1) is 5.41 Å². The summed E-state index contributed by atoms with van der Waals surface area (Å²) in [5, 5.41) is 20.7. The van der Waals surface area contributed by atoms with E-state index in [9.17, 15) is 5.11 Å². The highest BCUT2D eigenvalue weighted by molar-refractivity contribution is 5.78. The molecule has 4 heteroatoms. The fourth-order valence-corrected chi connectivity index (χ4v) is 4.83. The van der Waals surface area contributed by atoms with Gasteiger partial charge in [0, 0.05) is 5.56 Å². The zero-order valence-electron chi connectivity index (χ0n) is 20.8. The Morgan fingerprint density at radius 2 is 1.42 bits per heavy atom. The normalized spacial score (nSPS) is 12.6. The van der Waals surface area contributed by atoms with Gasteiger partial charge in [0.2, 0.25) is 0 Å². The molecule has 0 bridgehead atoms. The standard InChI is InChI=1S/C29H35N3O/c1-19(2)20-12-14-21(15-13-20)23-16-22(29(6,7)18-28(3,4)5)17-26(27(23)33)32-30-24-10-8-9-11-25(24)31-32/h8-17,19,33H,18H2,1-7H3. The first kappa shape index (κ1) is 23.0. The van der Waals surface area contributed by atoms with Gasteiger partial charge in [0.15, 0.2) is 5.75 Å². The lowest BCUT2D eigenvalue weighted by molar-refractivity contribution is 0.284. The molecule has 1 N–H and O–H groups in total. The summed E-state index contributed by atoms with van der Waals surface area (Å²) in [6.45, 7) is 15.7. The Labute approximate surface area is 197 Å². The van der Waals surface area contributed by atoms with E-state index in [4.69, 9.17) is 0 Å². The van der Waals surface area contributed by atoms with Crippen molar-refractivity contribution < 1.29 is 5.11 Å². The van der Waals surface area contributed by atoms with Gasteiger partial charge < -0.3 is 5.11 Å². The van der Waals surface area contributed by atoms with Gasteiger partial charge in [0.1, 0.15) is 16.7 Å². The minimum absolute atomic E-state index is 0.0973. The zero-order valence-corrected chi connectivity index (χ0v) is 20.8. The molecular weight excluding hydrogens is 406 g/mol. The van der Waals surface area contributed by atoms with Gasteiger partial charge in [-0.15, -0.1) is 15.0 Å². The van der Waals surface area contributed by atoms with Crippen molar-refractivity contribution in [3.63, 3.8) is 0 Å². The quantitative estimate of drug-likeness (QED) is 0.346. The highest BCUT2D eigenvalue weighted by Gasteiger charge is 2.29. The van der Waals surface area contributed by atoms with Crippen LogP contribution in [0.4, 0.5) is 0 Å². The molecule has 0 aliphatic heterocycles. The van der Waals surface area contributed by atoms with Gasteiger partial charge in [0.05, 0.1) is 0 Å². The topological polar surface area (TPSA) is 50.9 Å². The molecule has 0 aliphatic rings. The Balaban J connectivity index is 1.92. The second kappa shape index (κ2) is 8.33. The van der Waals surface area contributed by atoms with E-state index in [0.29, 0.717) is 11.6 Å². The van der Waals surface area contributed by atoms with Gasteiger partial charge in [-0.3, -0.25) is 0 Å². The lowest BCUT2D eigenvalue weighted by atomic mass is 9.71. The molecule has 0 amide bonds. The summed E-state index contributed by atoms with van der Waals surface area (Å²) >= 11 is 0. The third-order valence-electron chi connectivity index (χ3n) is 6.23. The van der Waals surface area contributed by atoms with Crippen LogP contribution >= 0.6 is 0 Å². The van der Waals surface area contributed by atoms with Crippen LogP contribution in [0.2, 0.25) is 0 Å². The van der Waals surface area contributed by atoms with Crippen LogP contribution in [-0.2, 0) is 5.41 Å². The Hall–Kier alpha value is -3.14. The van der Waals surface area contributed by atoms with E-state index in [1.165, 1.54) is 5.56 Å². The molecule has 4 rings (SSSR count). The van der Waals surface area contributed by atoms with Crippen LogP contribution in [0.3, 0.4) is 0 Å². The fourth-order valence-electron chi connectivity index (χ4n) is 4.83. The third-order valence-corrected chi connectivity index (χ3v) is 6.23. The number of rotatable bonds is 5. The van der Waals surface area contributed by atoms with Crippen LogP contribution < -0.4 is 0 Å². The molecule has 4 aromatic rings. The first-order valence-corrected chi connectivity index (χ1v) is 11.7. The number of benzene rings is 3. The van der Waals surface area contributed by atoms with Gasteiger partial charge in [-0.2, -0.15) is 0 Å². The predicted molar refractivity (Wildman–Crippen MR) is 137 cm³/mol. The summed E-state index contributed by atoms with van der Waals surface area (Å²) in [6.07, 6.45) is 1.00. The number of phenols is 1. The lowest BCUT2D eigenvalue weighted by Gasteiger charge is -2.33. The second-order valence-corrected chi connectivity index (χ2v) is 11.3. The van der Waals surface area contributed by atoms with E-state index in [0.717, 1.165) is 34.1 Å². The van der Waals surface area contributed by atoms with Crippen molar-refractivity contribution in [2.24, 2.45) is 5.41 Å². The highest BCUT2D eigenvalue weighted by Crippen LogP contribution is 2.42. The fraction of sp³-hybridized carbons (Fsp3) is 0.379. The molecule has 0 fully saturated rings. The van der Waals surface area contributed by atoms with Gasteiger partial charge in [-0.1, -0.05) is 84.9 Å². The minimum Gasteiger partial charge on any atom is -0.505 e. The van der Waals surface area contributed by atoms with Crippen LogP contribution in [0.15, 0.2) is 60.7 Å². The van der Waals surface area contributed by atoms with Gasteiger partial charge >= 0.3 is 0 Å². The Morgan fingerprint density at radius 3 is 1.94 bits per heavy atom. The Bertz CT molecular complexity index is 1240. The van der Waals surface area contributed by atoms with E-state index < -0.39 is 0 Å². The molecule has 1 heterocycles. The van der Waals surface area contributed by atoms with Crippen LogP contribution in [0.1, 0.15) is 71.9 Å². The summed E-state index contributed by atoms with van der Waals surface area (Å²) < 4.78 is 0. The number of nitrogens with zero attached hydrogens (tertiary/aromatic N) is 3. The molecule has 0 atom stereocenters. The Morgan fingerprint density at radius 1 is 0.848 bits per heavy atom. The first-order chi connectivity index (χ1) is 15.4. The molecule has 172 valence electrons. The summed E-state index contributed by atoms with van der Waals surface area (Å²) in [4.78, 5) is 1.57. The van der Waals surface area contributed by atoms with Crippen LogP contribution in [0.25, 0.3) is 27.8 Å². The molecule has 0 radical (unpaired) electrons.